The van der Waals surface area contributed by atoms with Crippen molar-refractivity contribution in [1.82, 2.24) is 19.9 Å². The van der Waals surface area contributed by atoms with E-state index in [9.17, 15) is 5.11 Å². The Morgan fingerprint density at radius 1 is 1.17 bits per heavy atom. The highest BCUT2D eigenvalue weighted by Crippen LogP contribution is 2.30. The summed E-state index contributed by atoms with van der Waals surface area (Å²) in [4.78, 5) is 17.0. The Morgan fingerprint density at radius 3 is 2.80 bits per heavy atom. The monoisotopic (exact) mass is 404 g/mol. The van der Waals surface area contributed by atoms with E-state index >= 15 is 0 Å². The minimum absolute atomic E-state index is 0.202. The lowest BCUT2D eigenvalue weighted by Crippen LogP contribution is -2.39. The maximum Gasteiger partial charge on any atom is 0.182 e. The van der Waals surface area contributed by atoms with E-state index in [1.165, 1.54) is 5.56 Å². The second-order valence-electron chi connectivity index (χ2n) is 7.76. The molecule has 5 rings (SSSR count). The number of aromatic amines is 1. The van der Waals surface area contributed by atoms with Crippen LogP contribution < -0.4 is 15.4 Å². The van der Waals surface area contributed by atoms with Crippen LogP contribution in [0.3, 0.4) is 0 Å². The van der Waals surface area contributed by atoms with E-state index in [0.717, 1.165) is 46.4 Å². The van der Waals surface area contributed by atoms with Crippen molar-refractivity contribution in [1.29, 1.82) is 0 Å². The summed E-state index contributed by atoms with van der Waals surface area (Å²) < 4.78 is 5.46. The molecule has 1 aromatic carbocycles. The average Bonchev–Trinajstić information content (AvgIpc) is 3.13. The molecule has 8 nitrogen and oxygen atoms in total. The number of aliphatic hydroxyl groups excluding tert-OH is 1. The van der Waals surface area contributed by atoms with Crippen molar-refractivity contribution < 1.29 is 9.84 Å². The molecule has 30 heavy (non-hydrogen) atoms. The number of hydrogen-bond donors (Lipinski definition) is 4. The van der Waals surface area contributed by atoms with Crippen molar-refractivity contribution >= 4 is 33.7 Å². The van der Waals surface area contributed by atoms with E-state index < -0.39 is 0 Å². The van der Waals surface area contributed by atoms with Crippen molar-refractivity contribution in [3.63, 3.8) is 0 Å². The second-order valence-corrected chi connectivity index (χ2v) is 7.76. The van der Waals surface area contributed by atoms with Crippen molar-refractivity contribution in [2.75, 3.05) is 17.7 Å². The van der Waals surface area contributed by atoms with Gasteiger partial charge in [0.25, 0.3) is 0 Å². The normalized spacial score (nSPS) is 18.4. The van der Waals surface area contributed by atoms with E-state index in [-0.39, 0.29) is 12.1 Å². The zero-order valence-electron chi connectivity index (χ0n) is 16.9. The number of benzene rings is 1. The first kappa shape index (κ1) is 18.6. The number of nitrogens with zero attached hydrogens (tertiary/aromatic N) is 3. The molecule has 154 valence electrons. The number of rotatable bonds is 6. The Hall–Kier alpha value is -3.39. The second kappa shape index (κ2) is 7.46. The van der Waals surface area contributed by atoms with Crippen LogP contribution in [0.2, 0.25) is 0 Å². The Labute approximate surface area is 173 Å². The van der Waals surface area contributed by atoms with E-state index in [2.05, 4.69) is 43.6 Å². The van der Waals surface area contributed by atoms with E-state index in [0.29, 0.717) is 18.0 Å². The Bertz CT molecular complexity index is 1220. The number of nitrogens with one attached hydrogen (secondary N) is 3. The molecule has 1 aliphatic carbocycles. The Balaban J connectivity index is 1.36. The van der Waals surface area contributed by atoms with E-state index in [1.807, 2.05) is 24.4 Å². The van der Waals surface area contributed by atoms with Crippen molar-refractivity contribution in [3.8, 4) is 5.75 Å². The van der Waals surface area contributed by atoms with Gasteiger partial charge in [0.05, 0.1) is 24.9 Å². The maximum absolute atomic E-state index is 9.46. The Morgan fingerprint density at radius 2 is 2.00 bits per heavy atom. The molecule has 1 fully saturated rings. The fraction of sp³-hybridized carbons (Fsp3) is 0.318. The summed E-state index contributed by atoms with van der Waals surface area (Å²) in [5.41, 5.74) is 4.65. The van der Waals surface area contributed by atoms with Crippen molar-refractivity contribution in [2.24, 2.45) is 0 Å². The summed E-state index contributed by atoms with van der Waals surface area (Å²) in [6.45, 7) is 2.69. The zero-order valence-corrected chi connectivity index (χ0v) is 16.9. The van der Waals surface area contributed by atoms with Gasteiger partial charge in [-0.2, -0.15) is 0 Å². The van der Waals surface area contributed by atoms with Crippen LogP contribution in [0.4, 0.5) is 11.6 Å². The lowest BCUT2D eigenvalue weighted by Gasteiger charge is -2.32. The number of ether oxygens (including phenoxy) is 1. The molecule has 0 unspecified atom stereocenters. The molecule has 0 bridgehead atoms. The van der Waals surface area contributed by atoms with Crippen LogP contribution in [0, 0.1) is 6.92 Å². The molecule has 1 aliphatic rings. The van der Waals surface area contributed by atoms with Gasteiger partial charge in [-0.25, -0.2) is 15.0 Å². The number of hydrogen-bond acceptors (Lipinski definition) is 7. The van der Waals surface area contributed by atoms with E-state index in [1.54, 1.807) is 13.3 Å². The number of H-pyrrole nitrogens is 1. The minimum Gasteiger partial charge on any atom is -0.495 e. The minimum atomic E-state index is -0.202. The summed E-state index contributed by atoms with van der Waals surface area (Å²) >= 11 is 0. The third-order valence-corrected chi connectivity index (χ3v) is 5.63. The summed E-state index contributed by atoms with van der Waals surface area (Å²) in [7, 11) is 1.68. The van der Waals surface area contributed by atoms with Gasteiger partial charge >= 0.3 is 0 Å². The molecule has 3 aromatic heterocycles. The van der Waals surface area contributed by atoms with Crippen LogP contribution in [0.25, 0.3) is 22.1 Å². The molecule has 4 N–H and O–H groups in total. The first-order chi connectivity index (χ1) is 14.6. The summed E-state index contributed by atoms with van der Waals surface area (Å²) in [6, 6.07) is 8.11. The molecule has 0 saturated heterocycles. The van der Waals surface area contributed by atoms with Crippen molar-refractivity contribution in [2.45, 2.75) is 38.5 Å². The fourth-order valence-electron chi connectivity index (χ4n) is 3.95. The molecule has 8 heteroatoms. The number of fused-ring (bicyclic) bond motifs is 2. The third kappa shape index (κ3) is 3.39. The maximum atomic E-state index is 9.46. The van der Waals surface area contributed by atoms with Gasteiger partial charge in [-0.15, -0.1) is 0 Å². The summed E-state index contributed by atoms with van der Waals surface area (Å²) in [5, 5.41) is 17.3. The Kier molecular flexibility index (Phi) is 4.63. The molecule has 0 atom stereocenters. The predicted molar refractivity (Wildman–Crippen MR) is 117 cm³/mol. The molecular weight excluding hydrogens is 380 g/mol. The molecular formula is C22H24N6O2. The van der Waals surface area contributed by atoms with Crippen LogP contribution >= 0.6 is 0 Å². The topological polar surface area (TPSA) is 108 Å². The molecule has 4 aromatic rings. The first-order valence-corrected chi connectivity index (χ1v) is 10.1. The SMILES string of the molecule is COc1ccc(CNc2cnc3ccc(NC4CC(O)C4)nc3n2)c2c(C)c[nH]c12. The van der Waals surface area contributed by atoms with Gasteiger partial charge in [0.1, 0.15) is 22.9 Å². The fourth-order valence-corrected chi connectivity index (χ4v) is 3.95. The van der Waals surface area contributed by atoms with Crippen LogP contribution in [0.1, 0.15) is 24.0 Å². The summed E-state index contributed by atoms with van der Waals surface area (Å²) in [6.07, 6.45) is 5.02. The zero-order chi connectivity index (χ0) is 20.7. The average molecular weight is 404 g/mol. The first-order valence-electron chi connectivity index (χ1n) is 10.1. The van der Waals surface area contributed by atoms with Crippen LogP contribution in [-0.2, 0) is 6.54 Å². The quantitative estimate of drug-likeness (QED) is 0.390. The molecule has 0 spiro atoms. The van der Waals surface area contributed by atoms with Crippen LogP contribution in [0.15, 0.2) is 36.7 Å². The number of aryl methyl sites for hydroxylation is 1. The van der Waals surface area contributed by atoms with Gasteiger partial charge in [-0.1, -0.05) is 6.07 Å². The number of methoxy groups -OCH3 is 1. The molecule has 0 radical (unpaired) electrons. The lowest BCUT2D eigenvalue weighted by molar-refractivity contribution is 0.0835. The number of pyridine rings is 1. The highest BCUT2D eigenvalue weighted by Gasteiger charge is 2.27. The van der Waals surface area contributed by atoms with E-state index in [4.69, 9.17) is 4.74 Å². The predicted octanol–water partition coefficient (Wildman–Crippen LogP) is 3.37. The summed E-state index contributed by atoms with van der Waals surface area (Å²) in [5.74, 6) is 2.25. The lowest BCUT2D eigenvalue weighted by atomic mass is 9.89. The van der Waals surface area contributed by atoms with Crippen LogP contribution in [0.5, 0.6) is 5.75 Å². The highest BCUT2D eigenvalue weighted by atomic mass is 16.5. The molecule has 0 amide bonds. The van der Waals surface area contributed by atoms with Crippen LogP contribution in [-0.4, -0.2) is 44.3 Å². The van der Waals surface area contributed by atoms with Crippen molar-refractivity contribution in [3.05, 3.63) is 47.8 Å². The molecule has 1 saturated carbocycles. The smallest absolute Gasteiger partial charge is 0.182 e. The molecule has 0 aliphatic heterocycles. The largest absolute Gasteiger partial charge is 0.495 e. The van der Waals surface area contributed by atoms with Gasteiger partial charge in [-0.3, -0.25) is 0 Å². The van der Waals surface area contributed by atoms with Gasteiger partial charge in [0, 0.05) is 24.2 Å². The number of anilines is 2. The van der Waals surface area contributed by atoms with Gasteiger partial charge in [0.15, 0.2) is 5.65 Å². The standard InChI is InChI=1S/C22H24N6O2/c1-12-9-25-21-17(30-2)5-3-13(20(12)21)10-24-19-11-23-16-4-6-18(27-22(16)28-19)26-14-7-15(29)8-14/h3-6,9,11,14-15,25,29H,7-8,10H2,1-2H3,(H2,24,26,27,28). The highest BCUT2D eigenvalue weighted by molar-refractivity contribution is 5.91. The molecule has 3 heterocycles. The van der Waals surface area contributed by atoms with Gasteiger partial charge in [0.2, 0.25) is 0 Å². The van der Waals surface area contributed by atoms with Gasteiger partial charge < -0.3 is 25.5 Å². The number of aromatic nitrogens is 4. The van der Waals surface area contributed by atoms with Gasteiger partial charge in [-0.05, 0) is 49.1 Å². The number of aliphatic hydroxyl groups is 1. The third-order valence-electron chi connectivity index (χ3n) is 5.63.